The maximum Gasteiger partial charge on any atom is 0.387 e. The number of nitrogens with one attached hydrogen (secondary N) is 1. The number of hydrogen-bond donors (Lipinski definition) is 1. The standard InChI is InChI=1S/C27H27F2N3O6/c28-27(29)38-20-6-3-4-16(12-20)25(35)31-11-2-1-5-18(31)15-37-19-7-8-21-17(13-19)14-32(26(21)36)22-9-10-23(33)30-24(22)34/h3-4,6-8,12-13,18,22,27H,1-2,5,9-11,14-15H2,(H,30,33,34)/t18-,22?/m1/s1. The number of carbonyl (C=O) groups excluding carboxylic acids is 4. The Morgan fingerprint density at radius 1 is 1.05 bits per heavy atom. The van der Waals surface area contributed by atoms with Crippen LogP contribution in [0.4, 0.5) is 8.78 Å². The van der Waals surface area contributed by atoms with Crippen molar-refractivity contribution in [1.29, 1.82) is 0 Å². The van der Waals surface area contributed by atoms with Gasteiger partial charge in [0.25, 0.3) is 11.8 Å². The van der Waals surface area contributed by atoms with Gasteiger partial charge in [0, 0.05) is 30.6 Å². The molecule has 9 nitrogen and oxygen atoms in total. The summed E-state index contributed by atoms with van der Waals surface area (Å²) < 4.78 is 35.7. The van der Waals surface area contributed by atoms with Crippen LogP contribution in [0.25, 0.3) is 0 Å². The van der Waals surface area contributed by atoms with Crippen molar-refractivity contribution in [3.8, 4) is 11.5 Å². The van der Waals surface area contributed by atoms with Crippen LogP contribution in [0.1, 0.15) is 58.4 Å². The number of hydrogen-bond acceptors (Lipinski definition) is 6. The van der Waals surface area contributed by atoms with Gasteiger partial charge in [-0.2, -0.15) is 8.78 Å². The van der Waals surface area contributed by atoms with Crippen LogP contribution in [0.5, 0.6) is 11.5 Å². The van der Waals surface area contributed by atoms with E-state index in [0.29, 0.717) is 17.9 Å². The zero-order chi connectivity index (χ0) is 26.8. The Labute approximate surface area is 217 Å². The first-order chi connectivity index (χ1) is 18.3. The molecule has 2 atom stereocenters. The number of halogens is 2. The highest BCUT2D eigenvalue weighted by atomic mass is 19.3. The van der Waals surface area contributed by atoms with Gasteiger partial charge in [-0.05, 0) is 67.6 Å². The van der Waals surface area contributed by atoms with E-state index in [9.17, 15) is 28.0 Å². The first-order valence-electron chi connectivity index (χ1n) is 12.6. The van der Waals surface area contributed by atoms with Crippen molar-refractivity contribution in [2.45, 2.75) is 57.3 Å². The molecule has 0 aromatic heterocycles. The molecule has 1 N–H and O–H groups in total. The summed E-state index contributed by atoms with van der Waals surface area (Å²) in [6.07, 6.45) is 2.95. The molecular formula is C27H27F2N3O6. The van der Waals surface area contributed by atoms with Gasteiger partial charge in [0.1, 0.15) is 24.1 Å². The summed E-state index contributed by atoms with van der Waals surface area (Å²) in [6, 6.07) is 9.96. The molecule has 3 aliphatic rings. The SMILES string of the molecule is O=C1CCC(N2Cc3cc(OC[C@H]4CCCCN4C(=O)c4cccc(OC(F)F)c4)ccc3C2=O)C(=O)N1. The summed E-state index contributed by atoms with van der Waals surface area (Å²) in [6.45, 7) is -1.99. The first kappa shape index (κ1) is 25.6. The second-order valence-corrected chi connectivity index (χ2v) is 9.58. The van der Waals surface area contributed by atoms with Crippen LogP contribution in [0, 0.1) is 0 Å². The third-order valence-corrected chi connectivity index (χ3v) is 7.13. The van der Waals surface area contributed by atoms with Crippen LogP contribution in [0.15, 0.2) is 42.5 Å². The van der Waals surface area contributed by atoms with Gasteiger partial charge < -0.3 is 19.3 Å². The van der Waals surface area contributed by atoms with Gasteiger partial charge in [-0.15, -0.1) is 0 Å². The number of fused-ring (bicyclic) bond motifs is 1. The molecule has 3 heterocycles. The van der Waals surface area contributed by atoms with Crippen LogP contribution in [0.2, 0.25) is 0 Å². The minimum Gasteiger partial charge on any atom is -0.491 e. The number of rotatable bonds is 7. The molecule has 3 aliphatic heterocycles. The molecule has 38 heavy (non-hydrogen) atoms. The van der Waals surface area contributed by atoms with Crippen LogP contribution in [-0.4, -0.2) is 65.3 Å². The molecule has 5 rings (SSSR count). The van der Waals surface area contributed by atoms with Crippen molar-refractivity contribution >= 4 is 23.6 Å². The minimum atomic E-state index is -2.98. The molecule has 0 spiro atoms. The average Bonchev–Trinajstić information content (AvgIpc) is 3.22. The van der Waals surface area contributed by atoms with E-state index in [1.807, 2.05) is 0 Å². The fourth-order valence-electron chi connectivity index (χ4n) is 5.25. The summed E-state index contributed by atoms with van der Waals surface area (Å²) in [4.78, 5) is 53.0. The van der Waals surface area contributed by atoms with E-state index < -0.39 is 18.6 Å². The molecule has 2 saturated heterocycles. The number of benzene rings is 2. The largest absolute Gasteiger partial charge is 0.491 e. The highest BCUT2D eigenvalue weighted by Crippen LogP contribution is 2.31. The molecule has 0 radical (unpaired) electrons. The molecule has 4 amide bonds. The van der Waals surface area contributed by atoms with E-state index in [0.717, 1.165) is 24.8 Å². The molecular weight excluding hydrogens is 500 g/mol. The molecule has 2 aromatic carbocycles. The van der Waals surface area contributed by atoms with Crippen LogP contribution in [-0.2, 0) is 16.1 Å². The third-order valence-electron chi connectivity index (χ3n) is 7.13. The van der Waals surface area contributed by atoms with E-state index in [4.69, 9.17) is 4.74 Å². The Morgan fingerprint density at radius 3 is 2.68 bits per heavy atom. The van der Waals surface area contributed by atoms with Gasteiger partial charge >= 0.3 is 6.61 Å². The van der Waals surface area contributed by atoms with E-state index in [1.54, 1.807) is 29.2 Å². The fraction of sp³-hybridized carbons (Fsp3) is 0.407. The highest BCUT2D eigenvalue weighted by Gasteiger charge is 2.39. The molecule has 0 aliphatic carbocycles. The number of piperidine rings is 2. The van der Waals surface area contributed by atoms with Crippen LogP contribution in [0.3, 0.4) is 0 Å². The number of alkyl halides is 2. The summed E-state index contributed by atoms with van der Waals surface area (Å²) in [5.74, 6) is -0.884. The normalized spacial score (nSPS) is 21.4. The molecule has 0 saturated carbocycles. The number of ether oxygens (including phenoxy) is 2. The average molecular weight is 528 g/mol. The number of imide groups is 1. The lowest BCUT2D eigenvalue weighted by atomic mass is 10.0. The number of likely N-dealkylation sites (tertiary alicyclic amines) is 1. The molecule has 2 fully saturated rings. The van der Waals surface area contributed by atoms with Gasteiger partial charge in [-0.3, -0.25) is 24.5 Å². The van der Waals surface area contributed by atoms with Crippen molar-refractivity contribution in [2.75, 3.05) is 13.2 Å². The first-order valence-corrected chi connectivity index (χ1v) is 12.6. The maximum atomic E-state index is 13.2. The zero-order valence-electron chi connectivity index (χ0n) is 20.5. The Kier molecular flexibility index (Phi) is 7.26. The van der Waals surface area contributed by atoms with Crippen molar-refractivity contribution in [1.82, 2.24) is 15.1 Å². The lowest BCUT2D eigenvalue weighted by molar-refractivity contribution is -0.136. The summed E-state index contributed by atoms with van der Waals surface area (Å²) in [5.41, 5.74) is 1.48. The van der Waals surface area contributed by atoms with Crippen molar-refractivity contribution in [3.63, 3.8) is 0 Å². The van der Waals surface area contributed by atoms with Crippen molar-refractivity contribution < 1.29 is 37.4 Å². The second-order valence-electron chi connectivity index (χ2n) is 9.58. The van der Waals surface area contributed by atoms with E-state index in [2.05, 4.69) is 10.1 Å². The number of amides is 4. The third kappa shape index (κ3) is 5.32. The molecule has 2 aromatic rings. The van der Waals surface area contributed by atoms with E-state index in [1.165, 1.54) is 23.1 Å². The summed E-state index contributed by atoms with van der Waals surface area (Å²) >= 11 is 0. The van der Waals surface area contributed by atoms with E-state index >= 15 is 0 Å². The Bertz CT molecular complexity index is 1270. The lowest BCUT2D eigenvalue weighted by Crippen LogP contribution is -2.52. The summed E-state index contributed by atoms with van der Waals surface area (Å²) in [5, 5.41) is 2.29. The summed E-state index contributed by atoms with van der Waals surface area (Å²) in [7, 11) is 0. The van der Waals surface area contributed by atoms with Crippen LogP contribution < -0.4 is 14.8 Å². The van der Waals surface area contributed by atoms with Gasteiger partial charge in [-0.1, -0.05) is 6.07 Å². The minimum absolute atomic E-state index is 0.0744. The molecule has 200 valence electrons. The molecule has 11 heteroatoms. The monoisotopic (exact) mass is 527 g/mol. The maximum absolute atomic E-state index is 13.2. The zero-order valence-corrected chi connectivity index (χ0v) is 20.5. The van der Waals surface area contributed by atoms with E-state index in [-0.39, 0.29) is 61.1 Å². The Balaban J connectivity index is 1.24. The molecule has 0 bridgehead atoms. The van der Waals surface area contributed by atoms with Crippen LogP contribution >= 0.6 is 0 Å². The topological polar surface area (TPSA) is 105 Å². The van der Waals surface area contributed by atoms with Crippen molar-refractivity contribution in [2.24, 2.45) is 0 Å². The number of carbonyl (C=O) groups is 4. The Hall–Kier alpha value is -4.02. The van der Waals surface area contributed by atoms with Gasteiger partial charge in [0.05, 0.1) is 6.04 Å². The van der Waals surface area contributed by atoms with Gasteiger partial charge in [0.2, 0.25) is 11.8 Å². The highest BCUT2D eigenvalue weighted by molar-refractivity contribution is 6.05. The lowest BCUT2D eigenvalue weighted by Gasteiger charge is -2.35. The quantitative estimate of drug-likeness (QED) is 0.555. The second kappa shape index (κ2) is 10.8. The molecule has 1 unspecified atom stereocenters. The Morgan fingerprint density at radius 2 is 1.89 bits per heavy atom. The number of nitrogens with zero attached hydrogens (tertiary/aromatic N) is 2. The smallest absolute Gasteiger partial charge is 0.387 e. The van der Waals surface area contributed by atoms with Crippen molar-refractivity contribution in [3.05, 3.63) is 59.2 Å². The van der Waals surface area contributed by atoms with Gasteiger partial charge in [0.15, 0.2) is 0 Å². The fourth-order valence-corrected chi connectivity index (χ4v) is 5.25. The predicted molar refractivity (Wildman–Crippen MR) is 130 cm³/mol. The predicted octanol–water partition coefficient (Wildman–Crippen LogP) is 3.12. The van der Waals surface area contributed by atoms with Gasteiger partial charge in [-0.25, -0.2) is 0 Å².